The van der Waals surface area contributed by atoms with Crippen LogP contribution in [0, 0.1) is 5.92 Å². The van der Waals surface area contributed by atoms with E-state index in [0.29, 0.717) is 5.16 Å². The minimum Gasteiger partial charge on any atom is -0.131 e. The highest BCUT2D eigenvalue weighted by molar-refractivity contribution is 7.19. The van der Waals surface area contributed by atoms with Gasteiger partial charge < -0.3 is 0 Å². The zero-order chi connectivity index (χ0) is 20.2. The second-order valence-corrected chi connectivity index (χ2v) is 10.4. The highest BCUT2D eigenvalue weighted by Gasteiger charge is 2.32. The van der Waals surface area contributed by atoms with Gasteiger partial charge in [0, 0.05) is 0 Å². The summed E-state index contributed by atoms with van der Waals surface area (Å²) in [5, 5.41) is 0.528. The van der Waals surface area contributed by atoms with Gasteiger partial charge in [-0.2, -0.15) is 0 Å². The fourth-order valence-electron chi connectivity index (χ4n) is 4.67. The van der Waals surface area contributed by atoms with Crippen LogP contribution in [-0.4, -0.2) is 5.16 Å². The molecule has 0 heterocycles. The van der Waals surface area contributed by atoms with Crippen LogP contribution < -0.4 is 0 Å². The summed E-state index contributed by atoms with van der Waals surface area (Å²) in [5.74, 6) is 0.934. The minimum atomic E-state index is 0.528. The Morgan fingerprint density at radius 2 is 0.889 bits per heavy atom. The quantitative estimate of drug-likeness (QED) is 0.133. The molecule has 0 aromatic carbocycles. The molecule has 0 radical (unpaired) electrons. The first-order chi connectivity index (χ1) is 13.1. The summed E-state index contributed by atoms with van der Waals surface area (Å²) in [7, 11) is 3.37. The monoisotopic (exact) mass is 398 g/mol. The SMILES string of the molecule is CCCCCCCCCCCCCC(CCC)C(P)(CCCC)CCCC. The van der Waals surface area contributed by atoms with Crippen LogP contribution >= 0.6 is 9.24 Å². The molecule has 0 saturated carbocycles. The molecule has 0 aliphatic rings. The molecule has 0 N–H and O–H groups in total. The van der Waals surface area contributed by atoms with Crippen molar-refractivity contribution < 1.29 is 0 Å². The van der Waals surface area contributed by atoms with E-state index in [-0.39, 0.29) is 0 Å². The number of rotatable bonds is 21. The summed E-state index contributed by atoms with van der Waals surface area (Å²) in [6, 6.07) is 0. The predicted molar refractivity (Wildman–Crippen MR) is 131 cm³/mol. The predicted octanol–water partition coefficient (Wildman–Crippen LogP) is 10.1. The molecule has 27 heavy (non-hydrogen) atoms. The van der Waals surface area contributed by atoms with E-state index >= 15 is 0 Å². The molecule has 0 spiro atoms. The summed E-state index contributed by atoms with van der Waals surface area (Å²) in [6.07, 6.45) is 28.7. The summed E-state index contributed by atoms with van der Waals surface area (Å²) < 4.78 is 0. The Balaban J connectivity index is 4.03. The van der Waals surface area contributed by atoms with Crippen LogP contribution in [0.25, 0.3) is 0 Å². The van der Waals surface area contributed by atoms with Crippen LogP contribution in [0.1, 0.15) is 156 Å². The highest BCUT2D eigenvalue weighted by Crippen LogP contribution is 2.43. The van der Waals surface area contributed by atoms with E-state index in [4.69, 9.17) is 0 Å². The van der Waals surface area contributed by atoms with Crippen LogP contribution in [0.4, 0.5) is 0 Å². The second-order valence-electron chi connectivity index (χ2n) is 9.25. The van der Waals surface area contributed by atoms with Gasteiger partial charge in [-0.25, -0.2) is 0 Å². The van der Waals surface area contributed by atoms with Gasteiger partial charge in [-0.15, -0.1) is 9.24 Å². The standard InChI is InChI=1S/C26H55P/c1-5-9-12-13-14-15-16-17-18-19-20-22-25(21-8-4)26(27,23-10-6-2)24-11-7-3/h25H,5-24,27H2,1-4H3. The Morgan fingerprint density at radius 1 is 0.481 bits per heavy atom. The van der Waals surface area contributed by atoms with E-state index in [1.54, 1.807) is 0 Å². The van der Waals surface area contributed by atoms with Crippen molar-refractivity contribution in [2.24, 2.45) is 5.92 Å². The Labute approximate surface area is 176 Å². The molecule has 0 amide bonds. The van der Waals surface area contributed by atoms with E-state index < -0.39 is 0 Å². The lowest BCUT2D eigenvalue weighted by molar-refractivity contribution is 0.278. The Hall–Kier alpha value is 0.430. The number of hydrogen-bond donors (Lipinski definition) is 0. The van der Waals surface area contributed by atoms with Crippen molar-refractivity contribution in [3.63, 3.8) is 0 Å². The average molecular weight is 399 g/mol. The second kappa shape index (κ2) is 19.7. The van der Waals surface area contributed by atoms with Crippen molar-refractivity contribution in [2.45, 2.75) is 161 Å². The minimum absolute atomic E-state index is 0.528. The Kier molecular flexibility index (Phi) is 20.0. The van der Waals surface area contributed by atoms with Crippen LogP contribution in [0.3, 0.4) is 0 Å². The van der Waals surface area contributed by atoms with E-state index in [1.165, 1.54) is 128 Å². The maximum atomic E-state index is 3.37. The first kappa shape index (κ1) is 27.4. The molecule has 2 unspecified atom stereocenters. The molecule has 0 aliphatic heterocycles. The maximum absolute atomic E-state index is 3.37. The molecule has 0 aromatic heterocycles. The molecule has 0 aliphatic carbocycles. The summed E-state index contributed by atoms with van der Waals surface area (Å²) in [5.41, 5.74) is 0. The van der Waals surface area contributed by atoms with Gasteiger partial charge in [0.15, 0.2) is 0 Å². The third-order valence-corrected chi connectivity index (χ3v) is 7.65. The lowest BCUT2D eigenvalue weighted by Crippen LogP contribution is -2.31. The van der Waals surface area contributed by atoms with Crippen molar-refractivity contribution in [3.8, 4) is 0 Å². The molecule has 2 atom stereocenters. The molecule has 0 aromatic rings. The van der Waals surface area contributed by atoms with Crippen LogP contribution in [0.5, 0.6) is 0 Å². The van der Waals surface area contributed by atoms with Gasteiger partial charge in [0.2, 0.25) is 0 Å². The fraction of sp³-hybridized carbons (Fsp3) is 1.00. The van der Waals surface area contributed by atoms with Crippen molar-refractivity contribution >= 4 is 9.24 Å². The van der Waals surface area contributed by atoms with Gasteiger partial charge in [-0.1, -0.05) is 130 Å². The van der Waals surface area contributed by atoms with E-state index in [2.05, 4.69) is 36.9 Å². The molecule has 0 saturated heterocycles. The van der Waals surface area contributed by atoms with E-state index in [1.807, 2.05) is 0 Å². The topological polar surface area (TPSA) is 0 Å². The largest absolute Gasteiger partial charge is 0.131 e. The maximum Gasteiger partial charge on any atom is -0.0122 e. The van der Waals surface area contributed by atoms with Gasteiger partial charge in [0.05, 0.1) is 0 Å². The number of unbranched alkanes of at least 4 members (excludes halogenated alkanes) is 12. The number of hydrogen-bond acceptors (Lipinski definition) is 0. The third kappa shape index (κ3) is 15.0. The molecule has 0 nitrogen and oxygen atoms in total. The van der Waals surface area contributed by atoms with Crippen molar-refractivity contribution in [1.82, 2.24) is 0 Å². The smallest absolute Gasteiger partial charge is 0.0122 e. The zero-order valence-corrected chi connectivity index (χ0v) is 21.0. The fourth-order valence-corrected chi connectivity index (χ4v) is 5.41. The third-order valence-electron chi connectivity index (χ3n) is 6.60. The first-order valence-corrected chi connectivity index (χ1v) is 13.5. The zero-order valence-electron chi connectivity index (χ0n) is 19.8. The molecule has 0 rings (SSSR count). The molecule has 164 valence electrons. The lowest BCUT2D eigenvalue weighted by Gasteiger charge is -2.38. The van der Waals surface area contributed by atoms with Crippen molar-refractivity contribution in [2.75, 3.05) is 0 Å². The van der Waals surface area contributed by atoms with Crippen LogP contribution in [0.2, 0.25) is 0 Å². The van der Waals surface area contributed by atoms with Gasteiger partial charge in [0.1, 0.15) is 0 Å². The first-order valence-electron chi connectivity index (χ1n) is 12.9. The molecular weight excluding hydrogens is 343 g/mol. The van der Waals surface area contributed by atoms with Gasteiger partial charge in [-0.3, -0.25) is 0 Å². The van der Waals surface area contributed by atoms with Gasteiger partial charge in [0.25, 0.3) is 0 Å². The average Bonchev–Trinajstić information content (AvgIpc) is 2.68. The summed E-state index contributed by atoms with van der Waals surface area (Å²) in [4.78, 5) is 0. The summed E-state index contributed by atoms with van der Waals surface area (Å²) in [6.45, 7) is 9.39. The summed E-state index contributed by atoms with van der Waals surface area (Å²) >= 11 is 0. The molecule has 1 heteroatoms. The van der Waals surface area contributed by atoms with E-state index in [0.717, 1.165) is 5.92 Å². The molecular formula is C26H55P. The Morgan fingerprint density at radius 3 is 1.30 bits per heavy atom. The van der Waals surface area contributed by atoms with Gasteiger partial charge >= 0.3 is 0 Å². The highest BCUT2D eigenvalue weighted by atomic mass is 31.0. The van der Waals surface area contributed by atoms with Crippen molar-refractivity contribution in [3.05, 3.63) is 0 Å². The normalized spacial score (nSPS) is 13.2. The van der Waals surface area contributed by atoms with E-state index in [9.17, 15) is 0 Å². The Bertz CT molecular complexity index is 278. The molecule has 0 bridgehead atoms. The molecule has 0 fully saturated rings. The lowest BCUT2D eigenvalue weighted by atomic mass is 9.77. The van der Waals surface area contributed by atoms with Gasteiger partial charge in [-0.05, 0) is 36.8 Å². The van der Waals surface area contributed by atoms with Crippen molar-refractivity contribution in [1.29, 1.82) is 0 Å². The van der Waals surface area contributed by atoms with Crippen LogP contribution in [0.15, 0.2) is 0 Å². The van der Waals surface area contributed by atoms with Crippen LogP contribution in [-0.2, 0) is 0 Å².